The van der Waals surface area contributed by atoms with Crippen molar-refractivity contribution in [3.8, 4) is 0 Å². The van der Waals surface area contributed by atoms with Gasteiger partial charge in [0.05, 0.1) is 0 Å². The van der Waals surface area contributed by atoms with Crippen molar-refractivity contribution in [2.24, 2.45) is 0 Å². The van der Waals surface area contributed by atoms with Crippen molar-refractivity contribution in [3.63, 3.8) is 0 Å². The van der Waals surface area contributed by atoms with Crippen LogP contribution in [0.2, 0.25) is 0 Å². The maximum absolute atomic E-state index is 11.9. The Morgan fingerprint density at radius 2 is 2.14 bits per heavy atom. The summed E-state index contributed by atoms with van der Waals surface area (Å²) in [5.41, 5.74) is 0. The quantitative estimate of drug-likeness (QED) is 0.476. The fourth-order valence-electron chi connectivity index (χ4n) is 0.572. The van der Waals surface area contributed by atoms with E-state index in [2.05, 4.69) is 0 Å². The van der Waals surface area contributed by atoms with Crippen LogP contribution in [0.1, 0.15) is 12.8 Å². The molecule has 0 aliphatic carbocycles. The number of alkyl halides is 2. The molecule has 0 aromatic carbocycles. The standard InChI is InChI=1S/C4H6F2S/c5-4(6)2-1-3-7-4/h1-3H2. The molecule has 0 bridgehead atoms. The highest BCUT2D eigenvalue weighted by molar-refractivity contribution is 8.00. The summed E-state index contributed by atoms with van der Waals surface area (Å²) in [5.74, 6) is 0.632. The van der Waals surface area contributed by atoms with E-state index in [1.165, 1.54) is 0 Å². The van der Waals surface area contributed by atoms with Crippen molar-refractivity contribution < 1.29 is 8.78 Å². The van der Waals surface area contributed by atoms with Crippen LogP contribution in [0, 0.1) is 0 Å². The summed E-state index contributed by atoms with van der Waals surface area (Å²) >= 11 is 0.766. The van der Waals surface area contributed by atoms with Gasteiger partial charge < -0.3 is 0 Å². The highest BCUT2D eigenvalue weighted by Crippen LogP contribution is 2.40. The van der Waals surface area contributed by atoms with Gasteiger partial charge in [0, 0.05) is 6.42 Å². The molecule has 1 rings (SSSR count). The minimum absolute atomic E-state index is 0.0810. The van der Waals surface area contributed by atoms with Crippen LogP contribution in [0.5, 0.6) is 0 Å². The summed E-state index contributed by atoms with van der Waals surface area (Å²) in [7, 11) is 0. The minimum Gasteiger partial charge on any atom is -0.194 e. The van der Waals surface area contributed by atoms with Gasteiger partial charge in [-0.2, -0.15) is 8.78 Å². The molecule has 42 valence electrons. The Bertz CT molecular complexity index is 64.1. The van der Waals surface area contributed by atoms with Crippen LogP contribution < -0.4 is 0 Å². The smallest absolute Gasteiger partial charge is 0.194 e. The monoisotopic (exact) mass is 124 g/mol. The highest BCUT2D eigenvalue weighted by Gasteiger charge is 2.33. The maximum atomic E-state index is 11.9. The van der Waals surface area contributed by atoms with Crippen molar-refractivity contribution in [2.75, 3.05) is 5.75 Å². The Morgan fingerprint density at radius 3 is 2.29 bits per heavy atom. The molecule has 0 unspecified atom stereocenters. The zero-order chi connectivity index (χ0) is 5.33. The molecule has 0 aromatic heterocycles. The molecule has 0 nitrogen and oxygen atoms in total. The van der Waals surface area contributed by atoms with Crippen LogP contribution in [-0.2, 0) is 0 Å². The van der Waals surface area contributed by atoms with Gasteiger partial charge in [-0.05, 0) is 12.2 Å². The van der Waals surface area contributed by atoms with Gasteiger partial charge in [0.1, 0.15) is 0 Å². The third kappa shape index (κ3) is 1.30. The van der Waals surface area contributed by atoms with Crippen LogP contribution in [0.15, 0.2) is 0 Å². The van der Waals surface area contributed by atoms with Gasteiger partial charge in [-0.25, -0.2) is 0 Å². The van der Waals surface area contributed by atoms with Crippen molar-refractivity contribution >= 4 is 11.8 Å². The lowest BCUT2D eigenvalue weighted by Crippen LogP contribution is -2.01. The van der Waals surface area contributed by atoms with Crippen LogP contribution in [0.4, 0.5) is 8.78 Å². The molecule has 1 saturated heterocycles. The molecule has 1 fully saturated rings. The highest BCUT2D eigenvalue weighted by atomic mass is 32.2. The summed E-state index contributed by atoms with van der Waals surface area (Å²) < 4.78 is 23.8. The summed E-state index contributed by atoms with van der Waals surface area (Å²) in [6, 6.07) is 0. The predicted molar refractivity (Wildman–Crippen MR) is 26.6 cm³/mol. The maximum Gasteiger partial charge on any atom is 0.293 e. The van der Waals surface area contributed by atoms with Gasteiger partial charge in [-0.3, -0.25) is 0 Å². The Balaban J connectivity index is 2.40. The summed E-state index contributed by atoms with van der Waals surface area (Å²) in [5, 5.41) is -2.39. The Kier molecular flexibility index (Phi) is 1.24. The van der Waals surface area contributed by atoms with Crippen LogP contribution in [-0.4, -0.2) is 11.0 Å². The first kappa shape index (κ1) is 5.35. The van der Waals surface area contributed by atoms with E-state index in [0.717, 1.165) is 11.8 Å². The average molecular weight is 124 g/mol. The fourth-order valence-corrected chi connectivity index (χ4v) is 1.45. The molecule has 0 saturated carbocycles. The molecular weight excluding hydrogens is 118 g/mol. The first-order valence-electron chi connectivity index (χ1n) is 2.22. The fraction of sp³-hybridized carbons (Fsp3) is 1.00. The van der Waals surface area contributed by atoms with Crippen molar-refractivity contribution in [1.29, 1.82) is 0 Å². The van der Waals surface area contributed by atoms with Crippen molar-refractivity contribution in [3.05, 3.63) is 0 Å². The third-order valence-electron chi connectivity index (χ3n) is 0.925. The topological polar surface area (TPSA) is 0 Å². The summed E-state index contributed by atoms with van der Waals surface area (Å²) in [6.07, 6.45) is 0.759. The van der Waals surface area contributed by atoms with E-state index in [0.29, 0.717) is 12.2 Å². The Hall–Kier alpha value is 0.210. The number of thioether (sulfide) groups is 1. The summed E-state index contributed by atoms with van der Waals surface area (Å²) in [6.45, 7) is 0. The van der Waals surface area contributed by atoms with Gasteiger partial charge in [0.25, 0.3) is 5.25 Å². The lowest BCUT2D eigenvalue weighted by Gasteiger charge is -2.02. The van der Waals surface area contributed by atoms with Gasteiger partial charge in [0.15, 0.2) is 0 Å². The Morgan fingerprint density at radius 1 is 1.43 bits per heavy atom. The van der Waals surface area contributed by atoms with E-state index in [9.17, 15) is 8.78 Å². The largest absolute Gasteiger partial charge is 0.293 e. The minimum atomic E-state index is -2.39. The SMILES string of the molecule is FC1(F)CCCS1. The normalized spacial score (nSPS) is 28.3. The van der Waals surface area contributed by atoms with Gasteiger partial charge >= 0.3 is 0 Å². The third-order valence-corrected chi connectivity index (χ3v) is 2.04. The molecular formula is C4H6F2S. The van der Waals surface area contributed by atoms with E-state index in [-0.39, 0.29) is 6.42 Å². The van der Waals surface area contributed by atoms with E-state index in [4.69, 9.17) is 0 Å². The average Bonchev–Trinajstić information content (AvgIpc) is 1.84. The van der Waals surface area contributed by atoms with Crippen LogP contribution >= 0.6 is 11.8 Å². The molecule has 0 spiro atoms. The van der Waals surface area contributed by atoms with Crippen LogP contribution in [0.25, 0.3) is 0 Å². The zero-order valence-corrected chi connectivity index (χ0v) is 4.60. The number of hydrogen-bond acceptors (Lipinski definition) is 1. The van der Waals surface area contributed by atoms with Gasteiger partial charge in [0.2, 0.25) is 0 Å². The molecule has 0 radical (unpaired) electrons. The lowest BCUT2D eigenvalue weighted by atomic mass is 10.4. The summed E-state index contributed by atoms with van der Waals surface area (Å²) in [4.78, 5) is 0. The molecule has 1 heterocycles. The van der Waals surface area contributed by atoms with Crippen LogP contribution in [0.3, 0.4) is 0 Å². The van der Waals surface area contributed by atoms with E-state index >= 15 is 0 Å². The number of halogens is 2. The van der Waals surface area contributed by atoms with Crippen molar-refractivity contribution in [2.45, 2.75) is 18.1 Å². The Labute approximate surface area is 45.3 Å². The van der Waals surface area contributed by atoms with E-state index < -0.39 is 5.25 Å². The van der Waals surface area contributed by atoms with E-state index in [1.54, 1.807) is 0 Å². The number of hydrogen-bond donors (Lipinski definition) is 0. The molecule has 7 heavy (non-hydrogen) atoms. The first-order chi connectivity index (χ1) is 3.21. The second kappa shape index (κ2) is 1.62. The molecule has 1 aliphatic rings. The molecule has 1 aliphatic heterocycles. The zero-order valence-electron chi connectivity index (χ0n) is 3.79. The van der Waals surface area contributed by atoms with Gasteiger partial charge in [-0.15, -0.1) is 0 Å². The molecule has 0 N–H and O–H groups in total. The lowest BCUT2D eigenvalue weighted by molar-refractivity contribution is 0.103. The molecule has 0 atom stereocenters. The second-order valence-corrected chi connectivity index (χ2v) is 2.88. The number of rotatable bonds is 0. The molecule has 0 amide bonds. The molecule has 3 heteroatoms. The van der Waals surface area contributed by atoms with Crippen molar-refractivity contribution in [1.82, 2.24) is 0 Å². The van der Waals surface area contributed by atoms with Gasteiger partial charge in [-0.1, -0.05) is 11.8 Å². The molecule has 0 aromatic rings. The van der Waals surface area contributed by atoms with E-state index in [1.807, 2.05) is 0 Å². The second-order valence-electron chi connectivity index (χ2n) is 1.59. The predicted octanol–water partition coefficient (Wildman–Crippen LogP) is 2.11. The first-order valence-corrected chi connectivity index (χ1v) is 3.21.